The number of rotatable bonds is 6. The van der Waals surface area contributed by atoms with Crippen molar-refractivity contribution in [1.29, 1.82) is 0 Å². The number of carbonyl (C=O) groups is 1. The lowest BCUT2D eigenvalue weighted by atomic mass is 10.2. The van der Waals surface area contributed by atoms with E-state index in [1.807, 2.05) is 13.8 Å². The zero-order chi connectivity index (χ0) is 22.2. The molecule has 0 saturated carbocycles. The van der Waals surface area contributed by atoms with Crippen LogP contribution < -0.4 is 14.5 Å². The third kappa shape index (κ3) is 4.39. The third-order valence-electron chi connectivity index (χ3n) is 4.55. The summed E-state index contributed by atoms with van der Waals surface area (Å²) in [6.07, 6.45) is 0.958. The Morgan fingerprint density at radius 1 is 1.17 bits per heavy atom. The lowest BCUT2D eigenvalue weighted by molar-refractivity contribution is -0.116. The van der Waals surface area contributed by atoms with Crippen molar-refractivity contribution in [1.82, 2.24) is 4.57 Å². The first-order valence-electron chi connectivity index (χ1n) is 9.20. The summed E-state index contributed by atoms with van der Waals surface area (Å²) in [5, 5.41) is 2.69. The van der Waals surface area contributed by atoms with Crippen LogP contribution in [0, 0.1) is 5.82 Å². The van der Waals surface area contributed by atoms with Crippen molar-refractivity contribution < 1.29 is 17.6 Å². The van der Waals surface area contributed by atoms with Crippen LogP contribution >= 0.6 is 11.3 Å². The number of amides is 1. The molecule has 1 N–H and O–H groups in total. The average molecular weight is 452 g/mol. The molecule has 1 aromatic heterocycles. The van der Waals surface area contributed by atoms with Gasteiger partial charge in [0.05, 0.1) is 22.2 Å². The van der Waals surface area contributed by atoms with Gasteiger partial charge >= 0.3 is 4.87 Å². The van der Waals surface area contributed by atoms with Gasteiger partial charge in [-0.3, -0.25) is 18.5 Å². The van der Waals surface area contributed by atoms with Crippen molar-refractivity contribution >= 4 is 48.9 Å². The van der Waals surface area contributed by atoms with Crippen molar-refractivity contribution in [2.45, 2.75) is 32.9 Å². The minimum absolute atomic E-state index is 0.00120. The minimum Gasteiger partial charge on any atom is -0.324 e. The van der Waals surface area contributed by atoms with Crippen LogP contribution in [0.1, 0.15) is 26.8 Å². The van der Waals surface area contributed by atoms with Crippen LogP contribution in [0.15, 0.2) is 47.3 Å². The predicted octanol–water partition coefficient (Wildman–Crippen LogP) is 3.58. The molecule has 0 aliphatic rings. The maximum absolute atomic E-state index is 13.6. The lowest BCUT2D eigenvalue weighted by Gasteiger charge is -2.28. The second kappa shape index (κ2) is 8.19. The molecule has 0 unspecified atom stereocenters. The van der Waals surface area contributed by atoms with Crippen molar-refractivity contribution in [3.63, 3.8) is 0 Å². The van der Waals surface area contributed by atoms with Crippen LogP contribution in [0.25, 0.3) is 10.2 Å². The molecular formula is C20H22FN3O4S2. The Morgan fingerprint density at radius 2 is 1.87 bits per heavy atom. The quantitative estimate of drug-likeness (QED) is 0.621. The summed E-state index contributed by atoms with van der Waals surface area (Å²) in [6.45, 7) is 5.25. The molecule has 1 amide bonds. The molecule has 0 saturated heterocycles. The number of nitrogens with zero attached hydrogens (tertiary/aromatic N) is 2. The van der Waals surface area contributed by atoms with Gasteiger partial charge in [-0.05, 0) is 57.2 Å². The highest BCUT2D eigenvalue weighted by Gasteiger charge is 2.29. The summed E-state index contributed by atoms with van der Waals surface area (Å²) in [5.41, 5.74) is 1.26. The number of sulfonamides is 1. The number of anilines is 2. The Bertz CT molecular complexity index is 1260. The van der Waals surface area contributed by atoms with E-state index in [9.17, 15) is 22.4 Å². The first-order chi connectivity index (χ1) is 14.0. The fraction of sp³-hybridized carbons (Fsp3) is 0.300. The number of fused-ring (bicyclic) bond motifs is 1. The summed E-state index contributed by atoms with van der Waals surface area (Å²) in [7, 11) is -3.85. The lowest BCUT2D eigenvalue weighted by Crippen LogP contribution is -2.45. The van der Waals surface area contributed by atoms with Gasteiger partial charge in [0.1, 0.15) is 11.9 Å². The molecule has 0 fully saturated rings. The van der Waals surface area contributed by atoms with Crippen LogP contribution in [0.4, 0.5) is 15.8 Å². The van der Waals surface area contributed by atoms with E-state index in [4.69, 9.17) is 0 Å². The van der Waals surface area contributed by atoms with Crippen LogP contribution in [-0.2, 0) is 14.8 Å². The van der Waals surface area contributed by atoms with Crippen molar-refractivity contribution in [2.24, 2.45) is 0 Å². The summed E-state index contributed by atoms with van der Waals surface area (Å²) < 4.78 is 41.5. The topological polar surface area (TPSA) is 88.5 Å². The predicted molar refractivity (Wildman–Crippen MR) is 118 cm³/mol. The van der Waals surface area contributed by atoms with Gasteiger partial charge in [0, 0.05) is 11.7 Å². The fourth-order valence-corrected chi connectivity index (χ4v) is 5.49. The molecule has 0 aliphatic heterocycles. The van der Waals surface area contributed by atoms with E-state index in [1.165, 1.54) is 25.1 Å². The molecule has 0 radical (unpaired) electrons. The molecule has 0 spiro atoms. The number of carbonyl (C=O) groups excluding carboxylic acids is 1. The Kier molecular flexibility index (Phi) is 6.00. The summed E-state index contributed by atoms with van der Waals surface area (Å²) in [4.78, 5) is 24.9. The number of nitrogens with one attached hydrogen (secondary N) is 1. The van der Waals surface area contributed by atoms with Crippen LogP contribution in [0.3, 0.4) is 0 Å². The second-order valence-corrected chi connectivity index (χ2v) is 10.1. The summed E-state index contributed by atoms with van der Waals surface area (Å²) >= 11 is 1.07. The van der Waals surface area contributed by atoms with Gasteiger partial charge in [-0.15, -0.1) is 0 Å². The first-order valence-corrected chi connectivity index (χ1v) is 11.9. The van der Waals surface area contributed by atoms with Crippen LogP contribution in [-0.4, -0.2) is 31.2 Å². The third-order valence-corrected chi connectivity index (χ3v) is 6.71. The molecule has 160 valence electrons. The van der Waals surface area contributed by atoms with E-state index in [0.717, 1.165) is 33.5 Å². The van der Waals surface area contributed by atoms with E-state index in [0.29, 0.717) is 10.4 Å². The number of benzene rings is 2. The smallest absolute Gasteiger partial charge is 0.308 e. The number of hydrogen-bond donors (Lipinski definition) is 1. The highest BCUT2D eigenvalue weighted by atomic mass is 32.2. The molecule has 30 heavy (non-hydrogen) atoms. The van der Waals surface area contributed by atoms with Crippen LogP contribution in [0.5, 0.6) is 0 Å². The van der Waals surface area contributed by atoms with E-state index in [-0.39, 0.29) is 16.6 Å². The SMILES string of the molecule is CC(C)n1c(=O)sc2cc(NC(=O)[C@@H](C)N(c3cccc(F)c3)S(C)(=O)=O)ccc21. The standard InChI is InChI=1S/C20H22FN3O4S2/c1-12(2)23-17-9-8-15(11-18(17)29-20(23)26)22-19(25)13(3)24(30(4,27)28)16-7-5-6-14(21)10-16/h5-13H,1-4H3,(H,22,25)/t13-/m1/s1. The normalized spacial score (nSPS) is 12.9. The van der Waals surface area contributed by atoms with Crippen LogP contribution in [0.2, 0.25) is 0 Å². The molecule has 0 aliphatic carbocycles. The Hall–Kier alpha value is -2.72. The molecule has 3 aromatic rings. The molecule has 10 heteroatoms. The Balaban J connectivity index is 1.91. The Labute approximate surface area is 177 Å². The largest absolute Gasteiger partial charge is 0.324 e. The van der Waals surface area contributed by atoms with E-state index in [1.54, 1.807) is 22.8 Å². The second-order valence-electron chi connectivity index (χ2n) is 7.22. The number of halogens is 1. The molecule has 2 aromatic carbocycles. The van der Waals surface area contributed by atoms with Gasteiger partial charge < -0.3 is 5.32 Å². The fourth-order valence-electron chi connectivity index (χ4n) is 3.27. The molecule has 3 rings (SSSR count). The van der Waals surface area contributed by atoms with E-state index in [2.05, 4.69) is 5.32 Å². The molecule has 1 heterocycles. The van der Waals surface area contributed by atoms with E-state index < -0.39 is 27.8 Å². The zero-order valence-electron chi connectivity index (χ0n) is 16.9. The summed E-state index contributed by atoms with van der Waals surface area (Å²) in [6, 6.07) is 9.01. The van der Waals surface area contributed by atoms with Gasteiger partial charge in [-0.25, -0.2) is 12.8 Å². The molecular weight excluding hydrogens is 429 g/mol. The maximum atomic E-state index is 13.6. The first kappa shape index (κ1) is 22.0. The number of aromatic nitrogens is 1. The minimum atomic E-state index is -3.85. The summed E-state index contributed by atoms with van der Waals surface area (Å²) in [5.74, 6) is -1.19. The average Bonchev–Trinajstić information content (AvgIpc) is 2.95. The van der Waals surface area contributed by atoms with Gasteiger partial charge in [-0.2, -0.15) is 0 Å². The highest BCUT2D eigenvalue weighted by Crippen LogP contribution is 2.26. The molecule has 1 atom stereocenters. The van der Waals surface area contributed by atoms with Crippen molar-refractivity contribution in [3.8, 4) is 0 Å². The molecule has 7 nitrogen and oxygen atoms in total. The number of hydrogen-bond acceptors (Lipinski definition) is 5. The van der Waals surface area contributed by atoms with Crippen molar-refractivity contribution in [2.75, 3.05) is 15.9 Å². The zero-order valence-corrected chi connectivity index (χ0v) is 18.6. The highest BCUT2D eigenvalue weighted by molar-refractivity contribution is 7.92. The van der Waals surface area contributed by atoms with Gasteiger partial charge in [0.25, 0.3) is 0 Å². The van der Waals surface area contributed by atoms with Gasteiger partial charge in [-0.1, -0.05) is 17.4 Å². The van der Waals surface area contributed by atoms with E-state index >= 15 is 0 Å². The van der Waals surface area contributed by atoms with Gasteiger partial charge in [0.2, 0.25) is 15.9 Å². The van der Waals surface area contributed by atoms with Crippen molar-refractivity contribution in [3.05, 3.63) is 57.9 Å². The molecule has 0 bridgehead atoms. The maximum Gasteiger partial charge on any atom is 0.308 e. The van der Waals surface area contributed by atoms with Gasteiger partial charge in [0.15, 0.2) is 0 Å². The Morgan fingerprint density at radius 3 is 2.47 bits per heavy atom. The number of thiazole rings is 1. The monoisotopic (exact) mass is 451 g/mol.